The summed E-state index contributed by atoms with van der Waals surface area (Å²) in [4.78, 5) is 7.54. The van der Waals surface area contributed by atoms with E-state index in [-0.39, 0.29) is 0 Å². The Balaban J connectivity index is 2.41. The van der Waals surface area contributed by atoms with Gasteiger partial charge in [0, 0.05) is 10.7 Å². The third kappa shape index (κ3) is 2.20. The van der Waals surface area contributed by atoms with E-state index in [4.69, 9.17) is 23.8 Å². The summed E-state index contributed by atoms with van der Waals surface area (Å²) in [5, 5.41) is 0.584. The van der Waals surface area contributed by atoms with E-state index in [0.717, 1.165) is 26.9 Å². The Kier molecular flexibility index (Phi) is 3.44. The number of hydrogen-bond donors (Lipinski definition) is 1. The lowest BCUT2D eigenvalue weighted by Crippen LogP contribution is -2.00. The van der Waals surface area contributed by atoms with Gasteiger partial charge in [0.15, 0.2) is 10.4 Å². The average molecular weight is 369 g/mol. The molecule has 0 radical (unpaired) electrons. The van der Waals surface area contributed by atoms with E-state index in [1.165, 1.54) is 5.56 Å². The van der Waals surface area contributed by atoms with Gasteiger partial charge in [0.2, 0.25) is 0 Å². The predicted molar refractivity (Wildman–Crippen MR) is 88.4 cm³/mol. The SMILES string of the molecule is Cc1cc(C)c(-n2c(=S)[nH]c3cc(Cl)cnc32)c(Br)c1. The summed E-state index contributed by atoms with van der Waals surface area (Å²) in [5.41, 5.74) is 4.93. The maximum Gasteiger partial charge on any atom is 0.184 e. The fraction of sp³-hybridized carbons (Fsp3) is 0.143. The van der Waals surface area contributed by atoms with Gasteiger partial charge in [-0.25, -0.2) is 4.98 Å². The Bertz CT molecular complexity index is 859. The molecule has 3 rings (SSSR count). The van der Waals surface area contributed by atoms with Crippen LogP contribution in [-0.2, 0) is 0 Å². The number of aromatic nitrogens is 3. The molecule has 0 saturated heterocycles. The van der Waals surface area contributed by atoms with Crippen molar-refractivity contribution in [2.24, 2.45) is 0 Å². The van der Waals surface area contributed by atoms with Gasteiger partial charge in [-0.1, -0.05) is 17.7 Å². The number of fused-ring (bicyclic) bond motifs is 1. The highest BCUT2D eigenvalue weighted by atomic mass is 79.9. The van der Waals surface area contributed by atoms with Gasteiger partial charge < -0.3 is 4.98 Å². The number of aryl methyl sites for hydroxylation is 2. The smallest absolute Gasteiger partial charge is 0.184 e. The van der Waals surface area contributed by atoms with Crippen molar-refractivity contribution in [3.05, 3.63) is 49.8 Å². The van der Waals surface area contributed by atoms with E-state index >= 15 is 0 Å². The normalized spacial score (nSPS) is 11.2. The van der Waals surface area contributed by atoms with Crippen molar-refractivity contribution in [1.29, 1.82) is 0 Å². The maximum atomic E-state index is 5.97. The molecule has 0 saturated carbocycles. The first-order valence-corrected chi connectivity index (χ1v) is 7.58. The van der Waals surface area contributed by atoms with Crippen LogP contribution in [0.3, 0.4) is 0 Å². The van der Waals surface area contributed by atoms with Crippen LogP contribution in [0.25, 0.3) is 16.9 Å². The third-order valence-corrected chi connectivity index (χ3v) is 4.21. The van der Waals surface area contributed by atoms with Crippen molar-refractivity contribution in [3.63, 3.8) is 0 Å². The molecule has 0 bridgehead atoms. The van der Waals surface area contributed by atoms with Gasteiger partial charge in [-0.3, -0.25) is 4.57 Å². The molecule has 0 aliphatic rings. The van der Waals surface area contributed by atoms with Crippen molar-refractivity contribution < 1.29 is 0 Å². The summed E-state index contributed by atoms with van der Waals surface area (Å²) < 4.78 is 3.52. The Morgan fingerprint density at radius 2 is 2.05 bits per heavy atom. The van der Waals surface area contributed by atoms with E-state index < -0.39 is 0 Å². The fourth-order valence-corrected chi connectivity index (χ4v) is 3.66. The van der Waals surface area contributed by atoms with Crippen molar-refractivity contribution in [1.82, 2.24) is 14.5 Å². The topological polar surface area (TPSA) is 33.6 Å². The predicted octanol–water partition coefficient (Wildman–Crippen LogP) is 5.12. The largest absolute Gasteiger partial charge is 0.329 e. The van der Waals surface area contributed by atoms with Gasteiger partial charge in [-0.2, -0.15) is 0 Å². The number of benzene rings is 1. The summed E-state index contributed by atoms with van der Waals surface area (Å²) >= 11 is 15.0. The Hall–Kier alpha value is -1.17. The molecule has 2 aromatic heterocycles. The molecule has 0 amide bonds. The van der Waals surface area contributed by atoms with E-state index in [2.05, 4.69) is 51.9 Å². The number of pyridine rings is 1. The minimum absolute atomic E-state index is 0.584. The molecule has 0 atom stereocenters. The first-order chi connectivity index (χ1) is 9.47. The van der Waals surface area contributed by atoms with Crippen LogP contribution in [0.4, 0.5) is 0 Å². The summed E-state index contributed by atoms with van der Waals surface area (Å²) in [5.74, 6) is 0. The number of nitrogens with zero attached hydrogens (tertiary/aromatic N) is 2. The molecule has 102 valence electrons. The van der Waals surface area contributed by atoms with Gasteiger partial charge in [0.25, 0.3) is 0 Å². The van der Waals surface area contributed by atoms with E-state index in [1.807, 2.05) is 10.6 Å². The summed E-state index contributed by atoms with van der Waals surface area (Å²) in [6.07, 6.45) is 1.63. The second-order valence-corrected chi connectivity index (χ2v) is 6.38. The highest BCUT2D eigenvalue weighted by Gasteiger charge is 2.13. The standard InChI is InChI=1S/C14H11BrClN3S/c1-7-3-8(2)12(10(15)4-7)19-13-11(18-14(19)20)5-9(16)6-17-13/h3-6H,1-2H3,(H,18,20). The van der Waals surface area contributed by atoms with Crippen LogP contribution in [0.15, 0.2) is 28.9 Å². The zero-order valence-electron chi connectivity index (χ0n) is 10.9. The number of imidazole rings is 1. The van der Waals surface area contributed by atoms with Gasteiger partial charge in [-0.05, 0) is 65.3 Å². The van der Waals surface area contributed by atoms with Crippen LogP contribution in [0.1, 0.15) is 11.1 Å². The second kappa shape index (κ2) is 4.98. The summed E-state index contributed by atoms with van der Waals surface area (Å²) in [6, 6.07) is 6.02. The number of H-pyrrole nitrogens is 1. The highest BCUT2D eigenvalue weighted by Crippen LogP contribution is 2.29. The molecule has 0 aliphatic carbocycles. The molecule has 0 aliphatic heterocycles. The van der Waals surface area contributed by atoms with Crippen LogP contribution in [0.2, 0.25) is 5.02 Å². The molecule has 20 heavy (non-hydrogen) atoms. The zero-order chi connectivity index (χ0) is 14.4. The van der Waals surface area contributed by atoms with Crippen molar-refractivity contribution in [2.45, 2.75) is 13.8 Å². The first kappa shape index (κ1) is 13.8. The van der Waals surface area contributed by atoms with E-state index in [0.29, 0.717) is 9.79 Å². The van der Waals surface area contributed by atoms with Crippen LogP contribution in [-0.4, -0.2) is 14.5 Å². The lowest BCUT2D eigenvalue weighted by molar-refractivity contribution is 1.02. The molecule has 0 fully saturated rings. The first-order valence-electron chi connectivity index (χ1n) is 6.01. The van der Waals surface area contributed by atoms with Crippen LogP contribution < -0.4 is 0 Å². The maximum absolute atomic E-state index is 5.97. The Morgan fingerprint density at radius 1 is 1.30 bits per heavy atom. The lowest BCUT2D eigenvalue weighted by Gasteiger charge is -2.11. The molecule has 3 aromatic rings. The third-order valence-electron chi connectivity index (χ3n) is 3.11. The minimum atomic E-state index is 0.584. The van der Waals surface area contributed by atoms with Crippen LogP contribution >= 0.6 is 39.7 Å². The molecule has 0 unspecified atom stereocenters. The number of aromatic amines is 1. The van der Waals surface area contributed by atoms with Gasteiger partial charge in [0.1, 0.15) is 0 Å². The summed E-state index contributed by atoms with van der Waals surface area (Å²) in [6.45, 7) is 4.12. The van der Waals surface area contributed by atoms with Crippen molar-refractivity contribution in [3.8, 4) is 5.69 Å². The molecule has 3 nitrogen and oxygen atoms in total. The molecule has 6 heteroatoms. The lowest BCUT2D eigenvalue weighted by atomic mass is 10.1. The van der Waals surface area contributed by atoms with Crippen LogP contribution in [0.5, 0.6) is 0 Å². The molecule has 1 N–H and O–H groups in total. The monoisotopic (exact) mass is 367 g/mol. The molecule has 2 heterocycles. The molecular weight excluding hydrogens is 358 g/mol. The number of halogens is 2. The van der Waals surface area contributed by atoms with Gasteiger partial charge in [-0.15, -0.1) is 0 Å². The number of nitrogens with one attached hydrogen (secondary N) is 1. The van der Waals surface area contributed by atoms with E-state index in [9.17, 15) is 0 Å². The summed E-state index contributed by atoms with van der Waals surface area (Å²) in [7, 11) is 0. The minimum Gasteiger partial charge on any atom is -0.329 e. The second-order valence-electron chi connectivity index (χ2n) is 4.70. The molecule has 1 aromatic carbocycles. The number of rotatable bonds is 1. The van der Waals surface area contributed by atoms with Gasteiger partial charge >= 0.3 is 0 Å². The molecule has 0 spiro atoms. The van der Waals surface area contributed by atoms with Crippen molar-refractivity contribution in [2.75, 3.05) is 0 Å². The zero-order valence-corrected chi connectivity index (χ0v) is 14.0. The highest BCUT2D eigenvalue weighted by molar-refractivity contribution is 9.10. The average Bonchev–Trinajstić information content (AvgIpc) is 2.64. The van der Waals surface area contributed by atoms with Gasteiger partial charge in [0.05, 0.1) is 16.2 Å². The van der Waals surface area contributed by atoms with Crippen molar-refractivity contribution >= 4 is 50.9 Å². The quantitative estimate of drug-likeness (QED) is 0.605. The Labute approximate surface area is 134 Å². The van der Waals surface area contributed by atoms with Crippen LogP contribution in [0, 0.1) is 18.6 Å². The number of hydrogen-bond acceptors (Lipinski definition) is 2. The van der Waals surface area contributed by atoms with E-state index in [1.54, 1.807) is 6.20 Å². The molecular formula is C14H11BrClN3S. The Morgan fingerprint density at radius 3 is 2.75 bits per heavy atom. The fourth-order valence-electron chi connectivity index (χ4n) is 2.37.